The number of nitrogens with one attached hydrogen (secondary N) is 1. The maximum atomic E-state index is 5.11. The smallest absolute Gasteiger partial charge is 0.0587 e. The molecule has 0 aromatic carbocycles. The van der Waals surface area contributed by atoms with Crippen LogP contribution in [0.3, 0.4) is 0 Å². The van der Waals surface area contributed by atoms with E-state index in [1.54, 1.807) is 7.11 Å². The molecule has 0 saturated heterocycles. The molecule has 19 heavy (non-hydrogen) atoms. The van der Waals surface area contributed by atoms with Crippen molar-refractivity contribution in [3.05, 3.63) is 0 Å². The molecule has 0 heterocycles. The Labute approximate surface area is 120 Å². The van der Waals surface area contributed by atoms with Gasteiger partial charge in [0.2, 0.25) is 0 Å². The van der Waals surface area contributed by atoms with Crippen molar-refractivity contribution in [3.63, 3.8) is 0 Å². The molecule has 1 N–H and O–H groups in total. The van der Waals surface area contributed by atoms with Crippen LogP contribution in [0.4, 0.5) is 0 Å². The molecule has 0 bridgehead atoms. The van der Waals surface area contributed by atoms with Crippen molar-refractivity contribution < 1.29 is 4.74 Å². The zero-order valence-electron chi connectivity index (χ0n) is 13.3. The van der Waals surface area contributed by atoms with Crippen LogP contribution in [0, 0.1) is 11.8 Å². The fraction of sp³-hybridized carbons (Fsp3) is 1.00. The lowest BCUT2D eigenvalue weighted by molar-refractivity contribution is 0.194. The first-order chi connectivity index (χ1) is 9.38. The van der Waals surface area contributed by atoms with Gasteiger partial charge in [-0.15, -0.1) is 0 Å². The van der Waals surface area contributed by atoms with Gasteiger partial charge in [-0.25, -0.2) is 0 Å². The zero-order chi connectivity index (χ0) is 13.8. The van der Waals surface area contributed by atoms with Crippen molar-refractivity contribution in [1.29, 1.82) is 0 Å². The van der Waals surface area contributed by atoms with Gasteiger partial charge in [0.25, 0.3) is 0 Å². The van der Waals surface area contributed by atoms with Crippen LogP contribution < -0.4 is 5.32 Å². The molecule has 1 aliphatic carbocycles. The molecule has 2 heteroatoms. The second-order valence-corrected chi connectivity index (χ2v) is 6.20. The maximum absolute atomic E-state index is 5.11. The second kappa shape index (κ2) is 11.7. The Hall–Kier alpha value is -0.0800. The minimum Gasteiger partial charge on any atom is -0.383 e. The highest BCUT2D eigenvalue weighted by Gasteiger charge is 2.24. The predicted octanol–water partition coefficient (Wildman–Crippen LogP) is 4.39. The lowest BCUT2D eigenvalue weighted by Crippen LogP contribution is -2.29. The molecular weight excluding hydrogens is 234 g/mol. The van der Waals surface area contributed by atoms with Crippen molar-refractivity contribution >= 4 is 0 Å². The number of unbranched alkanes of at least 4 members (excludes halogenated alkanes) is 4. The largest absolute Gasteiger partial charge is 0.383 e. The number of hydrogen-bond donors (Lipinski definition) is 1. The maximum Gasteiger partial charge on any atom is 0.0587 e. The van der Waals surface area contributed by atoms with Crippen LogP contribution in [0.25, 0.3) is 0 Å². The highest BCUT2D eigenvalue weighted by atomic mass is 16.5. The van der Waals surface area contributed by atoms with Crippen LogP contribution in [0.2, 0.25) is 0 Å². The summed E-state index contributed by atoms with van der Waals surface area (Å²) < 4.78 is 5.11. The van der Waals surface area contributed by atoms with E-state index in [4.69, 9.17) is 4.74 Å². The Bertz CT molecular complexity index is 190. The molecule has 1 fully saturated rings. The lowest BCUT2D eigenvalue weighted by atomic mass is 9.86. The van der Waals surface area contributed by atoms with Crippen molar-refractivity contribution in [1.82, 2.24) is 5.32 Å². The van der Waals surface area contributed by atoms with Crippen molar-refractivity contribution in [2.45, 2.75) is 71.1 Å². The third-order valence-electron chi connectivity index (χ3n) is 4.63. The molecule has 1 saturated carbocycles. The van der Waals surface area contributed by atoms with E-state index in [1.165, 1.54) is 70.8 Å². The monoisotopic (exact) mass is 269 g/mol. The van der Waals surface area contributed by atoms with Gasteiger partial charge in [-0.2, -0.15) is 0 Å². The van der Waals surface area contributed by atoms with E-state index in [-0.39, 0.29) is 0 Å². The Morgan fingerprint density at radius 1 is 1.11 bits per heavy atom. The van der Waals surface area contributed by atoms with Crippen LogP contribution in [0.5, 0.6) is 0 Å². The molecule has 0 radical (unpaired) electrons. The predicted molar refractivity (Wildman–Crippen MR) is 83.6 cm³/mol. The van der Waals surface area contributed by atoms with E-state index in [9.17, 15) is 0 Å². The number of hydrogen-bond acceptors (Lipinski definition) is 2. The minimum atomic E-state index is 0.841. The van der Waals surface area contributed by atoms with E-state index >= 15 is 0 Å². The first-order valence-electron chi connectivity index (χ1n) is 8.58. The average molecular weight is 269 g/mol. The third kappa shape index (κ3) is 7.94. The molecule has 0 amide bonds. The molecule has 114 valence electrons. The van der Waals surface area contributed by atoms with Crippen LogP contribution >= 0.6 is 0 Å². The second-order valence-electron chi connectivity index (χ2n) is 6.20. The van der Waals surface area contributed by atoms with Gasteiger partial charge in [0.05, 0.1) is 6.61 Å². The minimum absolute atomic E-state index is 0.841. The normalized spacial score (nSPS) is 18.0. The quantitative estimate of drug-likeness (QED) is 0.531. The van der Waals surface area contributed by atoms with Gasteiger partial charge in [-0.3, -0.25) is 0 Å². The molecule has 0 aromatic heterocycles. The number of methoxy groups -OCH3 is 1. The SMILES string of the molecule is CCCCCCCC(CNCCOC)C1CCCC1. The molecule has 2 nitrogen and oxygen atoms in total. The van der Waals surface area contributed by atoms with E-state index in [0.29, 0.717) is 0 Å². The zero-order valence-corrected chi connectivity index (χ0v) is 13.3. The van der Waals surface area contributed by atoms with Crippen molar-refractivity contribution in [2.24, 2.45) is 11.8 Å². The van der Waals surface area contributed by atoms with Crippen LogP contribution in [0.1, 0.15) is 71.1 Å². The van der Waals surface area contributed by atoms with E-state index in [1.807, 2.05) is 0 Å². The van der Waals surface area contributed by atoms with Crippen LogP contribution in [-0.2, 0) is 4.74 Å². The molecule has 1 aliphatic rings. The van der Waals surface area contributed by atoms with Gasteiger partial charge >= 0.3 is 0 Å². The molecule has 0 aromatic rings. The highest BCUT2D eigenvalue weighted by molar-refractivity contribution is 4.77. The topological polar surface area (TPSA) is 21.3 Å². The molecular formula is C17H35NO. The summed E-state index contributed by atoms with van der Waals surface area (Å²) in [5.41, 5.74) is 0. The van der Waals surface area contributed by atoms with Gasteiger partial charge in [0.1, 0.15) is 0 Å². The third-order valence-corrected chi connectivity index (χ3v) is 4.63. The lowest BCUT2D eigenvalue weighted by Gasteiger charge is -2.24. The van der Waals surface area contributed by atoms with Gasteiger partial charge in [0.15, 0.2) is 0 Å². The molecule has 0 spiro atoms. The number of ether oxygens (including phenoxy) is 1. The summed E-state index contributed by atoms with van der Waals surface area (Å²) in [5.74, 6) is 1.92. The standard InChI is InChI=1S/C17H35NO/c1-3-4-5-6-7-12-17(15-18-13-14-19-2)16-10-8-9-11-16/h16-18H,3-15H2,1-2H3. The first kappa shape index (κ1) is 17.0. The summed E-state index contributed by atoms with van der Waals surface area (Å²) in [5, 5.41) is 3.59. The van der Waals surface area contributed by atoms with Gasteiger partial charge in [0, 0.05) is 13.7 Å². The van der Waals surface area contributed by atoms with Gasteiger partial charge in [-0.1, -0.05) is 64.7 Å². The molecule has 1 atom stereocenters. The van der Waals surface area contributed by atoms with Crippen molar-refractivity contribution in [2.75, 3.05) is 26.8 Å². The summed E-state index contributed by atoms with van der Waals surface area (Å²) in [4.78, 5) is 0. The Morgan fingerprint density at radius 2 is 1.84 bits per heavy atom. The van der Waals surface area contributed by atoms with E-state index < -0.39 is 0 Å². The highest BCUT2D eigenvalue weighted by Crippen LogP contribution is 2.33. The fourth-order valence-electron chi connectivity index (χ4n) is 3.40. The van der Waals surface area contributed by atoms with E-state index in [0.717, 1.165) is 25.0 Å². The van der Waals surface area contributed by atoms with Gasteiger partial charge in [-0.05, 0) is 24.8 Å². The van der Waals surface area contributed by atoms with Crippen LogP contribution in [0.15, 0.2) is 0 Å². The Balaban J connectivity index is 2.16. The molecule has 1 rings (SSSR count). The molecule has 0 aliphatic heterocycles. The summed E-state index contributed by atoms with van der Waals surface area (Å²) in [6, 6.07) is 0. The number of rotatable bonds is 12. The Morgan fingerprint density at radius 3 is 2.53 bits per heavy atom. The molecule has 1 unspecified atom stereocenters. The Kier molecular flexibility index (Phi) is 10.5. The summed E-state index contributed by atoms with van der Waals surface area (Å²) in [7, 11) is 1.78. The summed E-state index contributed by atoms with van der Waals surface area (Å²) in [6.45, 7) is 5.35. The average Bonchev–Trinajstić information content (AvgIpc) is 2.95. The van der Waals surface area contributed by atoms with Crippen LogP contribution in [-0.4, -0.2) is 26.8 Å². The summed E-state index contributed by atoms with van der Waals surface area (Å²) in [6.07, 6.45) is 14.4. The summed E-state index contributed by atoms with van der Waals surface area (Å²) >= 11 is 0. The van der Waals surface area contributed by atoms with Gasteiger partial charge < -0.3 is 10.1 Å². The van der Waals surface area contributed by atoms with Crippen molar-refractivity contribution in [3.8, 4) is 0 Å². The fourth-order valence-corrected chi connectivity index (χ4v) is 3.40. The first-order valence-corrected chi connectivity index (χ1v) is 8.58. The van der Waals surface area contributed by atoms with E-state index in [2.05, 4.69) is 12.2 Å².